The van der Waals surface area contributed by atoms with Crippen molar-refractivity contribution in [1.82, 2.24) is 0 Å². The van der Waals surface area contributed by atoms with Crippen molar-refractivity contribution in [2.45, 2.75) is 24.3 Å². The van der Waals surface area contributed by atoms with Gasteiger partial charge in [0, 0.05) is 6.61 Å². The zero-order valence-corrected chi connectivity index (χ0v) is 6.12. The third-order valence-corrected chi connectivity index (χ3v) is 1.56. The topological polar surface area (TPSA) is 20.2 Å². The molecule has 0 heterocycles. The minimum absolute atomic E-state index is 0.122. The molecule has 1 unspecified atom stereocenters. The van der Waals surface area contributed by atoms with E-state index < -0.39 is 11.4 Å². The fourth-order valence-electron chi connectivity index (χ4n) is 0.448. The maximum absolute atomic E-state index is 11.6. The summed E-state index contributed by atoms with van der Waals surface area (Å²) < 4.78 is 34.8. The normalized spacial score (nSPS) is 15.3. The van der Waals surface area contributed by atoms with Crippen LogP contribution in [0.15, 0.2) is 0 Å². The van der Waals surface area contributed by atoms with Crippen LogP contribution in [0.25, 0.3) is 0 Å². The first-order chi connectivity index (χ1) is 4.48. The monoisotopic (exact) mass is 174 g/mol. The fraction of sp³-hybridized carbons (Fsp3) is 1.00. The van der Waals surface area contributed by atoms with Gasteiger partial charge in [-0.2, -0.15) is 25.8 Å². The van der Waals surface area contributed by atoms with Gasteiger partial charge in [-0.15, -0.1) is 0 Å². The maximum atomic E-state index is 11.6. The number of halogens is 3. The molecule has 0 fully saturated rings. The van der Waals surface area contributed by atoms with E-state index in [1.807, 2.05) is 0 Å². The lowest BCUT2D eigenvalue weighted by molar-refractivity contribution is -0.129. The van der Waals surface area contributed by atoms with Crippen molar-refractivity contribution in [1.29, 1.82) is 0 Å². The lowest BCUT2D eigenvalue weighted by Gasteiger charge is -2.13. The van der Waals surface area contributed by atoms with Crippen molar-refractivity contribution < 1.29 is 18.3 Å². The number of aliphatic hydroxyl groups excluding tert-OH is 1. The van der Waals surface area contributed by atoms with Crippen LogP contribution >= 0.6 is 12.6 Å². The van der Waals surface area contributed by atoms with Crippen LogP contribution < -0.4 is 0 Å². The Labute approximate surface area is 62.6 Å². The number of aliphatic hydroxyl groups is 1. The first-order valence-electron chi connectivity index (χ1n) is 2.84. The van der Waals surface area contributed by atoms with Crippen LogP contribution in [0.3, 0.4) is 0 Å². The van der Waals surface area contributed by atoms with Gasteiger partial charge < -0.3 is 5.11 Å². The fourth-order valence-corrected chi connectivity index (χ4v) is 0.631. The number of rotatable bonds is 3. The molecule has 10 heavy (non-hydrogen) atoms. The van der Waals surface area contributed by atoms with Gasteiger partial charge in [0.05, 0.1) is 5.25 Å². The Morgan fingerprint density at radius 1 is 1.40 bits per heavy atom. The van der Waals surface area contributed by atoms with Gasteiger partial charge >= 0.3 is 6.18 Å². The Kier molecular flexibility index (Phi) is 4.12. The molecule has 0 amide bonds. The van der Waals surface area contributed by atoms with Crippen molar-refractivity contribution in [2.75, 3.05) is 6.61 Å². The molecular formula is C5H9F3OS. The first kappa shape index (κ1) is 10.1. The Balaban J connectivity index is 3.52. The lowest BCUT2D eigenvalue weighted by atomic mass is 10.2. The number of hydrogen-bond donors (Lipinski definition) is 2. The number of thiol groups is 1. The van der Waals surface area contributed by atoms with Crippen LogP contribution in [0.2, 0.25) is 0 Å². The summed E-state index contributed by atoms with van der Waals surface area (Å²) in [5, 5.41) is 6.58. The van der Waals surface area contributed by atoms with Crippen LogP contribution in [0.4, 0.5) is 13.2 Å². The van der Waals surface area contributed by atoms with E-state index in [9.17, 15) is 13.2 Å². The van der Waals surface area contributed by atoms with E-state index in [0.717, 1.165) is 0 Å². The summed E-state index contributed by atoms with van der Waals surface area (Å²) >= 11 is 3.31. The van der Waals surface area contributed by atoms with Crippen LogP contribution in [0, 0.1) is 0 Å². The van der Waals surface area contributed by atoms with Gasteiger partial charge in [-0.05, 0) is 12.8 Å². The van der Waals surface area contributed by atoms with E-state index in [0.29, 0.717) is 0 Å². The van der Waals surface area contributed by atoms with E-state index in [-0.39, 0.29) is 19.4 Å². The quantitative estimate of drug-likeness (QED) is 0.623. The number of hydrogen-bond acceptors (Lipinski definition) is 2. The molecule has 0 radical (unpaired) electrons. The second kappa shape index (κ2) is 4.08. The highest BCUT2D eigenvalue weighted by atomic mass is 32.1. The largest absolute Gasteiger partial charge is 0.400 e. The molecule has 0 rings (SSSR count). The smallest absolute Gasteiger partial charge is 0.396 e. The van der Waals surface area contributed by atoms with Crippen molar-refractivity contribution >= 4 is 12.6 Å². The summed E-state index contributed by atoms with van der Waals surface area (Å²) in [5.41, 5.74) is 0. The zero-order chi connectivity index (χ0) is 8.20. The van der Waals surface area contributed by atoms with E-state index in [4.69, 9.17) is 5.11 Å². The summed E-state index contributed by atoms with van der Waals surface area (Å²) in [4.78, 5) is 0. The highest BCUT2D eigenvalue weighted by Crippen LogP contribution is 2.27. The molecule has 0 aliphatic carbocycles. The molecule has 0 spiro atoms. The standard InChI is InChI=1S/C5H9F3OS/c6-5(7,8)4(10)2-1-3-9/h4,9-10H,1-3H2. The summed E-state index contributed by atoms with van der Waals surface area (Å²) in [6, 6.07) is 0. The summed E-state index contributed by atoms with van der Waals surface area (Å²) in [5.74, 6) is 0. The highest BCUT2D eigenvalue weighted by Gasteiger charge is 2.35. The third kappa shape index (κ3) is 4.00. The molecule has 0 saturated carbocycles. The van der Waals surface area contributed by atoms with Crippen LogP contribution in [0.1, 0.15) is 12.8 Å². The summed E-state index contributed by atoms with van der Waals surface area (Å²) in [6.07, 6.45) is -4.21. The predicted octanol–water partition coefficient (Wildman–Crippen LogP) is 1.62. The van der Waals surface area contributed by atoms with Crippen molar-refractivity contribution in [3.8, 4) is 0 Å². The average Bonchev–Trinajstić information content (AvgIpc) is 1.80. The van der Waals surface area contributed by atoms with E-state index in [1.165, 1.54) is 0 Å². The van der Waals surface area contributed by atoms with Gasteiger partial charge in [-0.3, -0.25) is 0 Å². The molecule has 5 heteroatoms. The second-order valence-corrected chi connectivity index (χ2v) is 2.55. The molecule has 62 valence electrons. The van der Waals surface area contributed by atoms with Crippen LogP contribution in [-0.4, -0.2) is 23.1 Å². The van der Waals surface area contributed by atoms with Crippen molar-refractivity contribution in [2.24, 2.45) is 0 Å². The number of alkyl halides is 3. The van der Waals surface area contributed by atoms with Crippen molar-refractivity contribution in [3.05, 3.63) is 0 Å². The van der Waals surface area contributed by atoms with E-state index in [2.05, 4.69) is 12.6 Å². The van der Waals surface area contributed by atoms with Gasteiger partial charge in [-0.25, -0.2) is 0 Å². The van der Waals surface area contributed by atoms with Crippen molar-refractivity contribution in [3.63, 3.8) is 0 Å². The van der Waals surface area contributed by atoms with Gasteiger partial charge in [0.2, 0.25) is 0 Å². The minimum atomic E-state index is -4.24. The third-order valence-electron chi connectivity index (χ3n) is 1.01. The molecular weight excluding hydrogens is 165 g/mol. The summed E-state index contributed by atoms with van der Waals surface area (Å²) in [6.45, 7) is -0.215. The molecule has 0 aromatic heterocycles. The Morgan fingerprint density at radius 3 is 2.20 bits per heavy atom. The van der Waals surface area contributed by atoms with Gasteiger partial charge in [0.1, 0.15) is 0 Å². The lowest BCUT2D eigenvalue weighted by Crippen LogP contribution is -2.23. The summed E-state index contributed by atoms with van der Waals surface area (Å²) in [7, 11) is 0. The van der Waals surface area contributed by atoms with Crippen LogP contribution in [-0.2, 0) is 0 Å². The minimum Gasteiger partial charge on any atom is -0.396 e. The maximum Gasteiger partial charge on any atom is 0.400 e. The van der Waals surface area contributed by atoms with Gasteiger partial charge in [-0.1, -0.05) is 0 Å². The van der Waals surface area contributed by atoms with E-state index in [1.54, 1.807) is 0 Å². The Bertz CT molecular complexity index is 93.4. The highest BCUT2D eigenvalue weighted by molar-refractivity contribution is 7.81. The molecule has 1 nitrogen and oxygen atoms in total. The SMILES string of the molecule is OCCCC(S)C(F)(F)F. The first-order valence-corrected chi connectivity index (χ1v) is 3.35. The predicted molar refractivity (Wildman–Crippen MR) is 35.1 cm³/mol. The Hall–Kier alpha value is 0.100. The molecule has 0 aromatic rings. The van der Waals surface area contributed by atoms with Gasteiger partial charge in [0.25, 0.3) is 0 Å². The molecule has 0 aliphatic heterocycles. The average molecular weight is 174 g/mol. The molecule has 0 aromatic carbocycles. The van der Waals surface area contributed by atoms with E-state index >= 15 is 0 Å². The zero-order valence-electron chi connectivity index (χ0n) is 5.23. The Morgan fingerprint density at radius 2 is 1.90 bits per heavy atom. The molecule has 1 N–H and O–H groups in total. The molecule has 0 saturated heterocycles. The molecule has 0 bridgehead atoms. The van der Waals surface area contributed by atoms with Gasteiger partial charge in [0.15, 0.2) is 0 Å². The molecule has 0 aliphatic rings. The van der Waals surface area contributed by atoms with Crippen LogP contribution in [0.5, 0.6) is 0 Å². The second-order valence-electron chi connectivity index (χ2n) is 1.92. The molecule has 1 atom stereocenters.